The zero-order valence-corrected chi connectivity index (χ0v) is 13.8. The van der Waals surface area contributed by atoms with Crippen LogP contribution in [0, 0.1) is 11.3 Å². The van der Waals surface area contributed by atoms with Crippen LogP contribution in [0.25, 0.3) is 0 Å². The van der Waals surface area contributed by atoms with Gasteiger partial charge in [0.2, 0.25) is 5.91 Å². The van der Waals surface area contributed by atoms with E-state index in [1.54, 1.807) is 27.8 Å². The number of carbonyl (C=O) groups excluding carboxylic acids is 1. The molecule has 6 heteroatoms. The third-order valence-corrected chi connectivity index (χ3v) is 4.43. The van der Waals surface area contributed by atoms with Crippen LogP contribution in [0.4, 0.5) is 0 Å². The lowest BCUT2D eigenvalue weighted by atomic mass is 9.80. The molecule has 0 spiro atoms. The van der Waals surface area contributed by atoms with Crippen LogP contribution >= 0.6 is 27.3 Å². The number of aliphatic carboxylic acids is 1. The highest BCUT2D eigenvalue weighted by atomic mass is 79.9. The van der Waals surface area contributed by atoms with Gasteiger partial charge < -0.3 is 10.0 Å². The third-order valence-electron chi connectivity index (χ3n) is 2.75. The largest absolute Gasteiger partial charge is 0.481 e. The predicted octanol–water partition coefficient (Wildman–Crippen LogP) is 3.22. The van der Waals surface area contributed by atoms with E-state index >= 15 is 0 Å². The van der Waals surface area contributed by atoms with Crippen LogP contribution in [0.15, 0.2) is 15.9 Å². The zero-order chi connectivity index (χ0) is 14.8. The molecule has 0 bridgehead atoms. The summed E-state index contributed by atoms with van der Waals surface area (Å²) in [6, 6.07) is 1.93. The van der Waals surface area contributed by atoms with Gasteiger partial charge in [0.15, 0.2) is 0 Å². The average molecular weight is 348 g/mol. The van der Waals surface area contributed by atoms with Crippen LogP contribution in [0.1, 0.15) is 25.6 Å². The second-order valence-corrected chi connectivity index (χ2v) is 7.47. The van der Waals surface area contributed by atoms with Crippen molar-refractivity contribution in [1.82, 2.24) is 4.90 Å². The molecule has 106 valence electrons. The van der Waals surface area contributed by atoms with Crippen molar-refractivity contribution in [1.29, 1.82) is 0 Å². The molecule has 1 unspecified atom stereocenters. The van der Waals surface area contributed by atoms with Gasteiger partial charge in [0.25, 0.3) is 0 Å². The fraction of sp³-hybridized carbons (Fsp3) is 0.538. The summed E-state index contributed by atoms with van der Waals surface area (Å²) in [7, 11) is 1.64. The lowest BCUT2D eigenvalue weighted by Crippen LogP contribution is -2.43. The Morgan fingerprint density at radius 3 is 2.42 bits per heavy atom. The van der Waals surface area contributed by atoms with Crippen LogP contribution in [-0.2, 0) is 16.1 Å². The Hall–Kier alpha value is -0.880. The van der Waals surface area contributed by atoms with Gasteiger partial charge in [-0.2, -0.15) is 0 Å². The van der Waals surface area contributed by atoms with Crippen molar-refractivity contribution in [3.05, 3.63) is 20.8 Å². The van der Waals surface area contributed by atoms with Gasteiger partial charge in [-0.05, 0) is 27.4 Å². The molecule has 1 aromatic rings. The van der Waals surface area contributed by atoms with Crippen LogP contribution in [0.5, 0.6) is 0 Å². The van der Waals surface area contributed by atoms with Crippen molar-refractivity contribution in [2.24, 2.45) is 11.3 Å². The fourth-order valence-electron chi connectivity index (χ4n) is 1.82. The molecule has 0 saturated carbocycles. The quantitative estimate of drug-likeness (QED) is 0.850. The number of carboxylic acids is 1. The lowest BCUT2D eigenvalue weighted by Gasteiger charge is -2.29. The van der Waals surface area contributed by atoms with Gasteiger partial charge in [-0.25, -0.2) is 0 Å². The summed E-state index contributed by atoms with van der Waals surface area (Å²) in [5.41, 5.74) is -0.604. The molecule has 1 N–H and O–H groups in total. The van der Waals surface area contributed by atoms with Gasteiger partial charge >= 0.3 is 5.97 Å². The molecule has 1 heterocycles. The molecule has 0 fully saturated rings. The summed E-state index contributed by atoms with van der Waals surface area (Å²) in [5, 5.41) is 11.2. The molecule has 1 aromatic heterocycles. The third kappa shape index (κ3) is 4.31. The molecule has 1 rings (SSSR count). The van der Waals surface area contributed by atoms with E-state index in [0.717, 1.165) is 9.35 Å². The van der Waals surface area contributed by atoms with E-state index in [9.17, 15) is 14.7 Å². The van der Waals surface area contributed by atoms with Gasteiger partial charge in [0, 0.05) is 21.8 Å². The maximum absolute atomic E-state index is 12.3. The minimum absolute atomic E-state index is 0.357. The first-order chi connectivity index (χ1) is 8.62. The van der Waals surface area contributed by atoms with Crippen LogP contribution in [0.3, 0.4) is 0 Å². The van der Waals surface area contributed by atoms with E-state index in [1.165, 1.54) is 16.2 Å². The van der Waals surface area contributed by atoms with Crippen molar-refractivity contribution >= 4 is 39.1 Å². The molecular weight excluding hydrogens is 330 g/mol. The van der Waals surface area contributed by atoms with Crippen molar-refractivity contribution in [3.63, 3.8) is 0 Å². The molecule has 0 saturated heterocycles. The van der Waals surface area contributed by atoms with Crippen LogP contribution in [0.2, 0.25) is 0 Å². The first-order valence-corrected chi connectivity index (χ1v) is 7.51. The van der Waals surface area contributed by atoms with E-state index in [0.29, 0.717) is 6.54 Å². The number of nitrogens with zero attached hydrogens (tertiary/aromatic N) is 1. The summed E-state index contributed by atoms with van der Waals surface area (Å²) >= 11 is 4.89. The Labute approximate surface area is 125 Å². The number of carbonyl (C=O) groups is 2. The average Bonchev–Trinajstić information content (AvgIpc) is 2.60. The Morgan fingerprint density at radius 2 is 2.05 bits per heavy atom. The second kappa shape index (κ2) is 6.05. The van der Waals surface area contributed by atoms with Gasteiger partial charge in [-0.15, -0.1) is 11.3 Å². The Bertz CT molecular complexity index is 478. The van der Waals surface area contributed by atoms with Gasteiger partial charge in [-0.3, -0.25) is 9.59 Å². The second-order valence-electron chi connectivity index (χ2n) is 5.56. The first-order valence-electron chi connectivity index (χ1n) is 5.83. The van der Waals surface area contributed by atoms with E-state index in [2.05, 4.69) is 15.9 Å². The van der Waals surface area contributed by atoms with E-state index in [-0.39, 0.29) is 5.91 Å². The summed E-state index contributed by atoms with van der Waals surface area (Å²) in [6.07, 6.45) is 0. The van der Waals surface area contributed by atoms with E-state index in [1.807, 2.05) is 11.4 Å². The number of amides is 1. The van der Waals surface area contributed by atoms with Crippen LogP contribution < -0.4 is 0 Å². The monoisotopic (exact) mass is 347 g/mol. The lowest BCUT2D eigenvalue weighted by molar-refractivity contribution is -0.155. The summed E-state index contributed by atoms with van der Waals surface area (Å²) < 4.78 is 0.971. The number of halogens is 1. The first kappa shape index (κ1) is 16.2. The normalized spacial score (nSPS) is 13.1. The molecule has 19 heavy (non-hydrogen) atoms. The highest BCUT2D eigenvalue weighted by Gasteiger charge is 2.39. The minimum Gasteiger partial charge on any atom is -0.481 e. The SMILES string of the molecule is CN(Cc1cc(Br)cs1)C(=O)C(C(=O)O)C(C)(C)C. The molecule has 0 aliphatic rings. The standard InChI is InChI=1S/C13H18BrNO3S/c1-13(2,3)10(12(17)18)11(16)15(4)6-9-5-8(14)7-19-9/h5,7,10H,6H2,1-4H3,(H,17,18). The molecule has 0 aliphatic heterocycles. The molecule has 0 aromatic carbocycles. The maximum atomic E-state index is 12.3. The number of hydrogen-bond acceptors (Lipinski definition) is 3. The highest BCUT2D eigenvalue weighted by molar-refractivity contribution is 9.10. The molecular formula is C13H18BrNO3S. The Kier molecular flexibility index (Phi) is 5.15. The summed E-state index contributed by atoms with van der Waals surface area (Å²) in [4.78, 5) is 26.1. The highest BCUT2D eigenvalue weighted by Crippen LogP contribution is 2.29. The number of carboxylic acid groups (broad SMARTS) is 1. The minimum atomic E-state index is -1.07. The van der Waals surface area contributed by atoms with E-state index < -0.39 is 17.3 Å². The topological polar surface area (TPSA) is 57.6 Å². The van der Waals surface area contributed by atoms with Gasteiger partial charge in [-0.1, -0.05) is 20.8 Å². The molecule has 0 radical (unpaired) electrons. The number of hydrogen-bond donors (Lipinski definition) is 1. The van der Waals surface area contributed by atoms with Gasteiger partial charge in [0.1, 0.15) is 5.92 Å². The zero-order valence-electron chi connectivity index (χ0n) is 11.4. The summed E-state index contributed by atoms with van der Waals surface area (Å²) in [5.74, 6) is -2.46. The van der Waals surface area contributed by atoms with Crippen molar-refractivity contribution in [2.75, 3.05) is 7.05 Å². The molecule has 1 amide bonds. The molecule has 1 atom stereocenters. The van der Waals surface area contributed by atoms with Crippen molar-refractivity contribution < 1.29 is 14.7 Å². The van der Waals surface area contributed by atoms with E-state index in [4.69, 9.17) is 0 Å². The maximum Gasteiger partial charge on any atom is 0.316 e. The van der Waals surface area contributed by atoms with Gasteiger partial charge in [0.05, 0.1) is 6.54 Å². The van der Waals surface area contributed by atoms with Crippen molar-refractivity contribution in [2.45, 2.75) is 27.3 Å². The Balaban J connectivity index is 2.83. The predicted molar refractivity (Wildman–Crippen MR) is 79.1 cm³/mol. The molecule has 4 nitrogen and oxygen atoms in total. The number of rotatable bonds is 4. The number of thiophene rings is 1. The Morgan fingerprint density at radius 1 is 1.47 bits per heavy atom. The van der Waals surface area contributed by atoms with Crippen molar-refractivity contribution in [3.8, 4) is 0 Å². The molecule has 0 aliphatic carbocycles. The van der Waals surface area contributed by atoms with Crippen LogP contribution in [-0.4, -0.2) is 28.9 Å². The smallest absolute Gasteiger partial charge is 0.316 e. The summed E-state index contributed by atoms with van der Waals surface area (Å²) in [6.45, 7) is 5.72. The fourth-order valence-corrected chi connectivity index (χ4v) is 3.32.